The molecule has 0 aliphatic carbocycles. The second-order valence-electron chi connectivity index (χ2n) is 3.05. The topological polar surface area (TPSA) is 12.0 Å². The van der Waals surface area contributed by atoms with Crippen molar-refractivity contribution < 1.29 is 8.78 Å². The van der Waals surface area contributed by atoms with Crippen LogP contribution in [0.1, 0.15) is 33.6 Å². The Morgan fingerprint density at radius 2 is 1.91 bits per heavy atom. The molecule has 0 radical (unpaired) electrons. The molecular formula is C8H17F2N. The fourth-order valence-electron chi connectivity index (χ4n) is 0.916. The summed E-state index contributed by atoms with van der Waals surface area (Å²) in [6.45, 7) is 5.87. The third-order valence-corrected chi connectivity index (χ3v) is 1.31. The SMILES string of the molecule is CC1CC(F)(F)CN1.CCC. The molecule has 1 atom stereocenters. The van der Waals surface area contributed by atoms with E-state index < -0.39 is 5.92 Å². The monoisotopic (exact) mass is 165 g/mol. The first-order valence-corrected chi connectivity index (χ1v) is 4.13. The van der Waals surface area contributed by atoms with Crippen LogP contribution in [0.3, 0.4) is 0 Å². The van der Waals surface area contributed by atoms with Gasteiger partial charge in [-0.1, -0.05) is 20.3 Å². The van der Waals surface area contributed by atoms with Gasteiger partial charge in [0.2, 0.25) is 0 Å². The van der Waals surface area contributed by atoms with Gasteiger partial charge in [-0.15, -0.1) is 0 Å². The summed E-state index contributed by atoms with van der Waals surface area (Å²) in [5, 5.41) is 2.66. The number of hydrogen-bond acceptors (Lipinski definition) is 1. The first-order chi connectivity index (χ1) is 5.02. The van der Waals surface area contributed by atoms with E-state index in [0.29, 0.717) is 0 Å². The van der Waals surface area contributed by atoms with Crippen molar-refractivity contribution in [2.45, 2.75) is 45.6 Å². The third kappa shape index (κ3) is 5.13. The number of alkyl halides is 2. The Hall–Kier alpha value is -0.180. The molecule has 0 bridgehead atoms. The molecule has 0 saturated carbocycles. The van der Waals surface area contributed by atoms with Gasteiger partial charge in [-0.05, 0) is 6.92 Å². The molecule has 1 fully saturated rings. The standard InChI is InChI=1S/C5H9F2N.C3H8/c1-4-2-5(6,7)3-8-4;1-3-2/h4,8H,2-3H2,1H3;3H2,1-2H3. The fourth-order valence-corrected chi connectivity index (χ4v) is 0.916. The number of rotatable bonds is 0. The highest BCUT2D eigenvalue weighted by atomic mass is 19.3. The maximum Gasteiger partial charge on any atom is 0.261 e. The van der Waals surface area contributed by atoms with Gasteiger partial charge in [0.1, 0.15) is 0 Å². The van der Waals surface area contributed by atoms with Crippen LogP contribution in [0.2, 0.25) is 0 Å². The van der Waals surface area contributed by atoms with Crippen molar-refractivity contribution in [2.75, 3.05) is 6.54 Å². The zero-order valence-corrected chi connectivity index (χ0v) is 7.45. The molecule has 1 N–H and O–H groups in total. The highest BCUT2D eigenvalue weighted by molar-refractivity contribution is 4.83. The molecule has 3 heteroatoms. The van der Waals surface area contributed by atoms with Crippen LogP contribution in [0.15, 0.2) is 0 Å². The molecule has 0 aromatic carbocycles. The molecule has 1 unspecified atom stereocenters. The number of hydrogen-bond donors (Lipinski definition) is 1. The summed E-state index contributed by atoms with van der Waals surface area (Å²) in [5.41, 5.74) is 0. The van der Waals surface area contributed by atoms with E-state index in [1.165, 1.54) is 6.42 Å². The Balaban J connectivity index is 0.000000292. The summed E-state index contributed by atoms with van der Waals surface area (Å²) in [5.74, 6) is -2.45. The van der Waals surface area contributed by atoms with Crippen molar-refractivity contribution in [2.24, 2.45) is 0 Å². The predicted octanol–water partition coefficient (Wildman–Crippen LogP) is 2.42. The Kier molecular flexibility index (Phi) is 4.57. The third-order valence-electron chi connectivity index (χ3n) is 1.31. The van der Waals surface area contributed by atoms with Gasteiger partial charge >= 0.3 is 0 Å². The minimum atomic E-state index is -2.45. The van der Waals surface area contributed by atoms with E-state index in [4.69, 9.17) is 0 Å². The average Bonchev–Trinajstić information content (AvgIpc) is 2.11. The Morgan fingerprint density at radius 3 is 2.00 bits per heavy atom. The first-order valence-electron chi connectivity index (χ1n) is 4.13. The van der Waals surface area contributed by atoms with Crippen molar-refractivity contribution in [3.8, 4) is 0 Å². The quantitative estimate of drug-likeness (QED) is 0.581. The summed E-state index contributed by atoms with van der Waals surface area (Å²) >= 11 is 0. The molecule has 0 aromatic heterocycles. The Morgan fingerprint density at radius 1 is 1.45 bits per heavy atom. The minimum Gasteiger partial charge on any atom is -0.308 e. The largest absolute Gasteiger partial charge is 0.308 e. The molecule has 0 aromatic rings. The van der Waals surface area contributed by atoms with E-state index in [9.17, 15) is 8.78 Å². The number of nitrogens with one attached hydrogen (secondary N) is 1. The molecular weight excluding hydrogens is 148 g/mol. The van der Waals surface area contributed by atoms with E-state index >= 15 is 0 Å². The summed E-state index contributed by atoms with van der Waals surface area (Å²) in [7, 11) is 0. The van der Waals surface area contributed by atoms with Gasteiger partial charge in [0.25, 0.3) is 5.92 Å². The first kappa shape index (κ1) is 10.8. The molecule has 1 heterocycles. The van der Waals surface area contributed by atoms with Crippen LogP contribution in [0.4, 0.5) is 8.78 Å². The zero-order valence-electron chi connectivity index (χ0n) is 7.45. The van der Waals surface area contributed by atoms with Gasteiger partial charge in [-0.25, -0.2) is 8.78 Å². The van der Waals surface area contributed by atoms with Crippen LogP contribution >= 0.6 is 0 Å². The lowest BCUT2D eigenvalue weighted by molar-refractivity contribution is 0.0216. The van der Waals surface area contributed by atoms with Gasteiger partial charge in [0.05, 0.1) is 6.54 Å². The molecule has 68 valence electrons. The van der Waals surface area contributed by atoms with Crippen molar-refractivity contribution in [3.05, 3.63) is 0 Å². The Bertz CT molecular complexity index is 104. The molecule has 1 aliphatic rings. The van der Waals surface area contributed by atoms with Gasteiger partial charge in [0, 0.05) is 12.5 Å². The Labute approximate surface area is 67.2 Å². The summed E-state index contributed by atoms with van der Waals surface area (Å²) in [4.78, 5) is 0. The summed E-state index contributed by atoms with van der Waals surface area (Å²) in [6, 6.07) is -0.00926. The summed E-state index contributed by atoms with van der Waals surface area (Å²) < 4.78 is 24.3. The van der Waals surface area contributed by atoms with E-state index in [2.05, 4.69) is 19.2 Å². The van der Waals surface area contributed by atoms with Gasteiger partial charge in [-0.2, -0.15) is 0 Å². The highest BCUT2D eigenvalue weighted by Gasteiger charge is 2.36. The van der Waals surface area contributed by atoms with Gasteiger partial charge in [0.15, 0.2) is 0 Å². The van der Waals surface area contributed by atoms with Crippen LogP contribution in [-0.2, 0) is 0 Å². The minimum absolute atomic E-state index is 0.00694. The van der Waals surface area contributed by atoms with E-state index in [1.54, 1.807) is 6.92 Å². The van der Waals surface area contributed by atoms with Crippen molar-refractivity contribution >= 4 is 0 Å². The lowest BCUT2D eigenvalue weighted by atomic mass is 10.2. The second-order valence-corrected chi connectivity index (χ2v) is 3.05. The molecule has 1 saturated heterocycles. The predicted molar refractivity (Wildman–Crippen MR) is 43.0 cm³/mol. The maximum atomic E-state index is 12.1. The van der Waals surface area contributed by atoms with Crippen molar-refractivity contribution in [1.82, 2.24) is 5.32 Å². The summed E-state index contributed by atoms with van der Waals surface area (Å²) in [6.07, 6.45) is 1.24. The van der Waals surface area contributed by atoms with Crippen LogP contribution in [0.5, 0.6) is 0 Å². The second kappa shape index (κ2) is 4.65. The highest BCUT2D eigenvalue weighted by Crippen LogP contribution is 2.24. The average molecular weight is 165 g/mol. The molecule has 1 rings (SSSR count). The lowest BCUT2D eigenvalue weighted by Crippen LogP contribution is -2.20. The van der Waals surface area contributed by atoms with Crippen LogP contribution in [0, 0.1) is 0 Å². The number of halogens is 2. The molecule has 1 aliphatic heterocycles. The molecule has 0 spiro atoms. The van der Waals surface area contributed by atoms with Gasteiger partial charge < -0.3 is 5.32 Å². The van der Waals surface area contributed by atoms with E-state index in [-0.39, 0.29) is 19.0 Å². The molecule has 0 amide bonds. The van der Waals surface area contributed by atoms with Crippen LogP contribution < -0.4 is 5.32 Å². The lowest BCUT2D eigenvalue weighted by Gasteiger charge is -2.03. The van der Waals surface area contributed by atoms with E-state index in [0.717, 1.165) is 0 Å². The van der Waals surface area contributed by atoms with Crippen molar-refractivity contribution in [1.29, 1.82) is 0 Å². The fraction of sp³-hybridized carbons (Fsp3) is 1.00. The van der Waals surface area contributed by atoms with Gasteiger partial charge in [-0.3, -0.25) is 0 Å². The molecule has 11 heavy (non-hydrogen) atoms. The maximum absolute atomic E-state index is 12.1. The van der Waals surface area contributed by atoms with Crippen LogP contribution in [0.25, 0.3) is 0 Å². The zero-order chi connectivity index (χ0) is 8.91. The normalized spacial score (nSPS) is 27.5. The smallest absolute Gasteiger partial charge is 0.261 e. The molecule has 1 nitrogen and oxygen atoms in total. The van der Waals surface area contributed by atoms with E-state index in [1.807, 2.05) is 0 Å². The van der Waals surface area contributed by atoms with Crippen LogP contribution in [-0.4, -0.2) is 18.5 Å². The van der Waals surface area contributed by atoms with Crippen molar-refractivity contribution in [3.63, 3.8) is 0 Å².